The summed E-state index contributed by atoms with van der Waals surface area (Å²) in [6, 6.07) is 3.60. The van der Waals surface area contributed by atoms with E-state index < -0.39 is 0 Å². The number of hydrogen-bond donors (Lipinski definition) is 1. The van der Waals surface area contributed by atoms with Crippen LogP contribution in [0.25, 0.3) is 0 Å². The Morgan fingerprint density at radius 3 is 3.20 bits per heavy atom. The summed E-state index contributed by atoms with van der Waals surface area (Å²) >= 11 is 5.98. The molecule has 2 heterocycles. The van der Waals surface area contributed by atoms with Crippen molar-refractivity contribution in [3.8, 4) is 5.88 Å². The number of aromatic nitrogens is 1. The molecular weight excluding hydrogens is 212 g/mol. The van der Waals surface area contributed by atoms with Crippen LogP contribution in [-0.2, 0) is 0 Å². The summed E-state index contributed by atoms with van der Waals surface area (Å²) in [6.07, 6.45) is 3.00. The molecule has 82 valence electrons. The summed E-state index contributed by atoms with van der Waals surface area (Å²) in [5.41, 5.74) is 0. The van der Waals surface area contributed by atoms with Gasteiger partial charge in [0.1, 0.15) is 11.1 Å². The van der Waals surface area contributed by atoms with Crippen molar-refractivity contribution < 1.29 is 4.74 Å². The van der Waals surface area contributed by atoms with E-state index in [0.717, 1.165) is 19.5 Å². The summed E-state index contributed by atoms with van der Waals surface area (Å²) in [5, 5.41) is 3.89. The number of halogens is 1. The smallest absolute Gasteiger partial charge is 0.232 e. The molecule has 0 saturated carbocycles. The Kier molecular flexibility index (Phi) is 3.44. The van der Waals surface area contributed by atoms with Gasteiger partial charge in [-0.1, -0.05) is 18.5 Å². The zero-order chi connectivity index (χ0) is 10.7. The minimum absolute atomic E-state index is 0.172. The maximum absolute atomic E-state index is 5.98. The van der Waals surface area contributed by atoms with Gasteiger partial charge in [0, 0.05) is 12.7 Å². The first-order valence-corrected chi connectivity index (χ1v) is 5.63. The molecular formula is C11H15ClN2O. The molecule has 1 aliphatic rings. The molecule has 1 fully saturated rings. The second-order valence-corrected chi connectivity index (χ2v) is 4.32. The van der Waals surface area contributed by atoms with Crippen molar-refractivity contribution in [2.45, 2.75) is 19.4 Å². The number of pyridine rings is 1. The third-order valence-corrected chi connectivity index (χ3v) is 3.03. The molecule has 0 aromatic carbocycles. The van der Waals surface area contributed by atoms with E-state index in [0.29, 0.717) is 16.8 Å². The van der Waals surface area contributed by atoms with Gasteiger partial charge < -0.3 is 10.1 Å². The number of piperidine rings is 1. The first kappa shape index (κ1) is 10.7. The molecule has 2 atom stereocenters. The van der Waals surface area contributed by atoms with Gasteiger partial charge in [0.05, 0.1) is 0 Å². The highest BCUT2D eigenvalue weighted by Crippen LogP contribution is 2.24. The lowest BCUT2D eigenvalue weighted by Crippen LogP contribution is -2.43. The number of rotatable bonds is 2. The maximum atomic E-state index is 5.98. The van der Waals surface area contributed by atoms with Gasteiger partial charge in [-0.2, -0.15) is 0 Å². The molecule has 0 amide bonds. The quantitative estimate of drug-likeness (QED) is 0.839. The van der Waals surface area contributed by atoms with Crippen LogP contribution in [0.4, 0.5) is 0 Å². The van der Waals surface area contributed by atoms with Crippen LogP contribution in [0.5, 0.6) is 5.88 Å². The average Bonchev–Trinajstić information content (AvgIpc) is 2.24. The van der Waals surface area contributed by atoms with Crippen molar-refractivity contribution in [3.63, 3.8) is 0 Å². The molecule has 2 rings (SSSR count). The van der Waals surface area contributed by atoms with Crippen LogP contribution in [0.1, 0.15) is 13.3 Å². The maximum Gasteiger partial charge on any atom is 0.232 e. The minimum Gasteiger partial charge on any atom is -0.472 e. The Balaban J connectivity index is 2.04. The largest absolute Gasteiger partial charge is 0.472 e. The number of hydrogen-bond acceptors (Lipinski definition) is 3. The second kappa shape index (κ2) is 4.81. The highest BCUT2D eigenvalue weighted by atomic mass is 35.5. The molecule has 0 spiro atoms. The Morgan fingerprint density at radius 1 is 1.60 bits per heavy atom. The van der Waals surface area contributed by atoms with Crippen LogP contribution in [0.2, 0.25) is 5.02 Å². The first-order chi connectivity index (χ1) is 7.27. The zero-order valence-corrected chi connectivity index (χ0v) is 9.50. The van der Waals surface area contributed by atoms with Crippen molar-refractivity contribution in [1.82, 2.24) is 10.3 Å². The minimum atomic E-state index is 0.172. The Morgan fingerprint density at radius 2 is 2.47 bits per heavy atom. The molecule has 3 nitrogen and oxygen atoms in total. The van der Waals surface area contributed by atoms with Gasteiger partial charge in [0.2, 0.25) is 5.88 Å². The lowest BCUT2D eigenvalue weighted by atomic mass is 9.97. The standard InChI is InChI=1S/C11H15ClN2O/c1-8-4-6-13-7-10(8)15-11-9(12)3-2-5-14-11/h2-3,5,8,10,13H,4,6-7H2,1H3. The fraction of sp³-hybridized carbons (Fsp3) is 0.545. The lowest BCUT2D eigenvalue weighted by Gasteiger charge is -2.29. The molecule has 2 unspecified atom stereocenters. The first-order valence-electron chi connectivity index (χ1n) is 5.25. The van der Waals surface area contributed by atoms with Gasteiger partial charge in [-0.25, -0.2) is 4.98 Å². The molecule has 1 aliphatic heterocycles. The van der Waals surface area contributed by atoms with Crippen LogP contribution in [0.3, 0.4) is 0 Å². The Bertz CT molecular complexity index is 332. The summed E-state index contributed by atoms with van der Waals surface area (Å²) in [6.45, 7) is 4.13. The predicted octanol–water partition coefficient (Wildman–Crippen LogP) is 2.11. The van der Waals surface area contributed by atoms with Crippen LogP contribution in [0.15, 0.2) is 18.3 Å². The topological polar surface area (TPSA) is 34.1 Å². The monoisotopic (exact) mass is 226 g/mol. The summed E-state index contributed by atoms with van der Waals surface area (Å²) < 4.78 is 5.79. The van der Waals surface area contributed by atoms with Crippen molar-refractivity contribution in [2.75, 3.05) is 13.1 Å². The highest BCUT2D eigenvalue weighted by molar-refractivity contribution is 6.31. The highest BCUT2D eigenvalue weighted by Gasteiger charge is 2.23. The number of nitrogens with zero attached hydrogens (tertiary/aromatic N) is 1. The molecule has 1 aromatic heterocycles. The van der Waals surface area contributed by atoms with Gasteiger partial charge in [0.15, 0.2) is 0 Å². The van der Waals surface area contributed by atoms with Gasteiger partial charge in [0.25, 0.3) is 0 Å². The molecule has 0 bridgehead atoms. The van der Waals surface area contributed by atoms with Crippen molar-refractivity contribution >= 4 is 11.6 Å². The molecule has 4 heteroatoms. The van der Waals surface area contributed by atoms with E-state index in [-0.39, 0.29) is 6.10 Å². The second-order valence-electron chi connectivity index (χ2n) is 3.92. The SMILES string of the molecule is CC1CCNCC1Oc1ncccc1Cl. The summed E-state index contributed by atoms with van der Waals surface area (Å²) in [7, 11) is 0. The van der Waals surface area contributed by atoms with Crippen molar-refractivity contribution in [1.29, 1.82) is 0 Å². The normalized spacial score (nSPS) is 26.3. The summed E-state index contributed by atoms with van der Waals surface area (Å²) in [5.74, 6) is 1.09. The van der Waals surface area contributed by atoms with Crippen LogP contribution < -0.4 is 10.1 Å². The average molecular weight is 227 g/mol. The van der Waals surface area contributed by atoms with E-state index in [2.05, 4.69) is 17.2 Å². The summed E-state index contributed by atoms with van der Waals surface area (Å²) in [4.78, 5) is 4.12. The van der Waals surface area contributed by atoms with E-state index in [1.807, 2.05) is 0 Å². The fourth-order valence-corrected chi connectivity index (χ4v) is 1.89. The van der Waals surface area contributed by atoms with E-state index >= 15 is 0 Å². The van der Waals surface area contributed by atoms with Crippen molar-refractivity contribution in [3.05, 3.63) is 23.4 Å². The molecule has 15 heavy (non-hydrogen) atoms. The predicted molar refractivity (Wildman–Crippen MR) is 60.3 cm³/mol. The van der Waals surface area contributed by atoms with Gasteiger partial charge in [-0.15, -0.1) is 0 Å². The molecule has 0 aliphatic carbocycles. The third-order valence-electron chi connectivity index (χ3n) is 2.74. The van der Waals surface area contributed by atoms with Gasteiger partial charge >= 0.3 is 0 Å². The third kappa shape index (κ3) is 2.61. The number of ether oxygens (including phenoxy) is 1. The van der Waals surface area contributed by atoms with Crippen molar-refractivity contribution in [2.24, 2.45) is 5.92 Å². The van der Waals surface area contributed by atoms with E-state index in [9.17, 15) is 0 Å². The van der Waals surface area contributed by atoms with Crippen LogP contribution in [0, 0.1) is 5.92 Å². The van der Waals surface area contributed by atoms with Crippen LogP contribution in [-0.4, -0.2) is 24.2 Å². The van der Waals surface area contributed by atoms with Gasteiger partial charge in [-0.3, -0.25) is 0 Å². The van der Waals surface area contributed by atoms with E-state index in [4.69, 9.17) is 16.3 Å². The molecule has 1 saturated heterocycles. The van der Waals surface area contributed by atoms with E-state index in [1.165, 1.54) is 0 Å². The van der Waals surface area contributed by atoms with Crippen LogP contribution >= 0.6 is 11.6 Å². The molecule has 1 N–H and O–H groups in total. The Hall–Kier alpha value is -0.800. The fourth-order valence-electron chi connectivity index (χ4n) is 1.72. The zero-order valence-electron chi connectivity index (χ0n) is 8.74. The molecule has 1 aromatic rings. The Labute approximate surface area is 94.8 Å². The number of nitrogens with one attached hydrogen (secondary N) is 1. The lowest BCUT2D eigenvalue weighted by molar-refractivity contribution is 0.110. The van der Waals surface area contributed by atoms with E-state index in [1.54, 1.807) is 18.3 Å². The van der Waals surface area contributed by atoms with Gasteiger partial charge in [-0.05, 0) is 31.0 Å². The molecule has 0 radical (unpaired) electrons.